The molecule has 0 radical (unpaired) electrons. The van der Waals surface area contributed by atoms with Crippen LogP contribution in [0.5, 0.6) is 0 Å². The number of aliphatic carboxylic acids is 1. The summed E-state index contributed by atoms with van der Waals surface area (Å²) in [5.74, 6) is -3.65. The van der Waals surface area contributed by atoms with Crippen LogP contribution in [0.4, 0.5) is 4.39 Å². The van der Waals surface area contributed by atoms with Gasteiger partial charge >= 0.3 is 19.8 Å². The number of rotatable bonds is 8. The highest BCUT2D eigenvalue weighted by Crippen LogP contribution is 2.48. The Balaban J connectivity index is 2.24. The topological polar surface area (TPSA) is 108 Å². The van der Waals surface area contributed by atoms with Gasteiger partial charge in [-0.15, -0.1) is 0 Å². The number of aliphatic hydroxyl groups is 2. The van der Waals surface area contributed by atoms with Gasteiger partial charge in [-0.2, -0.15) is 0 Å². The zero-order valence-corrected chi connectivity index (χ0v) is 18.6. The molecule has 4 atom stereocenters. The zero-order valence-electron chi connectivity index (χ0n) is 17.6. The minimum absolute atomic E-state index is 0.119. The minimum Gasteiger partial charge on any atom is -0.476 e. The van der Waals surface area contributed by atoms with Gasteiger partial charge in [0.15, 0.2) is 5.60 Å². The number of carboxylic acids is 1. The summed E-state index contributed by atoms with van der Waals surface area (Å²) in [7, 11) is -1.78. The molecule has 0 bridgehead atoms. The van der Waals surface area contributed by atoms with Crippen LogP contribution in [0.25, 0.3) is 17.0 Å². The molecular weight excluding hydrogens is 432 g/mol. The molecule has 3 N–H and O–H groups in total. The Labute approximate surface area is 186 Å². The molecule has 166 valence electrons. The Bertz CT molecular complexity index is 1170. The molecule has 1 aromatic heterocycles. The summed E-state index contributed by atoms with van der Waals surface area (Å²) in [5.41, 5.74) is -1.56. The highest BCUT2D eigenvalue weighted by atomic mass is 31.1. The Kier molecular flexibility index (Phi) is 6.84. The van der Waals surface area contributed by atoms with E-state index in [1.54, 1.807) is 44.2 Å². The predicted octanol–water partition coefficient (Wildman–Crippen LogP) is 4.34. The normalized spacial score (nSPS) is 16.8. The van der Waals surface area contributed by atoms with Gasteiger partial charge < -0.3 is 15.3 Å². The molecule has 0 amide bonds. The number of fused-ring (bicyclic) bond motifs is 1. The van der Waals surface area contributed by atoms with E-state index < -0.39 is 43.0 Å². The van der Waals surface area contributed by atoms with E-state index in [1.807, 2.05) is 6.07 Å². The molecule has 0 fully saturated rings. The Morgan fingerprint density at radius 2 is 1.72 bits per heavy atom. The van der Waals surface area contributed by atoms with Gasteiger partial charge in [0.05, 0.1) is 11.2 Å². The van der Waals surface area contributed by atoms with Crippen molar-refractivity contribution in [1.29, 1.82) is 0 Å². The molecule has 3 aromatic rings. The van der Waals surface area contributed by atoms with Crippen LogP contribution in [0.15, 0.2) is 66.7 Å². The summed E-state index contributed by atoms with van der Waals surface area (Å²) in [5, 5.41) is 30.4. The summed E-state index contributed by atoms with van der Waals surface area (Å²) in [4.78, 5) is 16.5. The molecule has 1 heterocycles. The molecule has 0 saturated heterocycles. The third-order valence-corrected chi connectivity index (χ3v) is 6.45. The van der Waals surface area contributed by atoms with E-state index in [0.29, 0.717) is 11.1 Å². The molecule has 0 saturated carbocycles. The highest BCUT2D eigenvalue weighted by molar-refractivity contribution is 7.27. The lowest BCUT2D eigenvalue weighted by Crippen LogP contribution is -2.58. The van der Waals surface area contributed by atoms with Crippen molar-refractivity contribution >= 4 is 31.4 Å². The summed E-state index contributed by atoms with van der Waals surface area (Å²) in [6.45, 7) is 3.48. The van der Waals surface area contributed by atoms with Gasteiger partial charge in [0.1, 0.15) is 5.82 Å². The van der Waals surface area contributed by atoms with Gasteiger partial charge in [0.2, 0.25) is 0 Å². The first-order valence-corrected chi connectivity index (χ1v) is 10.9. The van der Waals surface area contributed by atoms with Crippen molar-refractivity contribution in [2.75, 3.05) is 0 Å². The van der Waals surface area contributed by atoms with Crippen molar-refractivity contribution < 1.29 is 29.1 Å². The molecule has 32 heavy (non-hydrogen) atoms. The lowest BCUT2D eigenvalue weighted by atomic mass is 9.73. The highest BCUT2D eigenvalue weighted by Gasteiger charge is 2.68. The number of hydrogen-bond donors (Lipinski definition) is 3. The van der Waals surface area contributed by atoms with E-state index >= 15 is 0 Å². The summed E-state index contributed by atoms with van der Waals surface area (Å²) in [6.07, 6.45) is 3.12. The van der Waals surface area contributed by atoms with Crippen LogP contribution in [0.1, 0.15) is 25.1 Å². The van der Waals surface area contributed by atoms with Gasteiger partial charge in [-0.05, 0) is 35.7 Å². The lowest BCUT2D eigenvalue weighted by molar-refractivity contribution is -0.184. The standard InChI is InChI=1S/C24H23FNO5P/c1-15(2)19(13-9-16-7-11-18(25)12-8-16)23(29,24(30,32-31)22(27)28)21-14-10-17-5-3-4-6-20(17)26-21/h3-15,19,29-30H,1-2H3,(H,27,28)/p+1. The maximum atomic E-state index is 13.2. The van der Waals surface area contributed by atoms with E-state index in [1.165, 1.54) is 36.4 Å². The van der Waals surface area contributed by atoms with Crippen LogP contribution >= 0.6 is 8.46 Å². The first kappa shape index (κ1) is 23.7. The number of para-hydroxylation sites is 1. The molecule has 2 aromatic carbocycles. The number of hydrogen-bond acceptors (Lipinski definition) is 5. The van der Waals surface area contributed by atoms with Crippen molar-refractivity contribution in [3.8, 4) is 0 Å². The number of carbonyl (C=O) groups is 1. The second kappa shape index (κ2) is 9.25. The Morgan fingerprint density at radius 3 is 2.31 bits per heavy atom. The monoisotopic (exact) mass is 456 g/mol. The average molecular weight is 456 g/mol. The number of benzene rings is 2. The molecule has 6 nitrogen and oxygen atoms in total. The molecule has 3 rings (SSSR count). The summed E-state index contributed by atoms with van der Waals surface area (Å²) >= 11 is 0. The second-order valence-corrected chi connectivity index (χ2v) is 8.88. The molecule has 8 heteroatoms. The SMILES string of the molecule is CC(C)C(C=Cc1ccc(F)cc1)C(O)(c1ccc2ccccc2n1)C(O)([PH+]=O)C(=O)O. The average Bonchev–Trinajstić information content (AvgIpc) is 2.78. The summed E-state index contributed by atoms with van der Waals surface area (Å²) in [6, 6.07) is 15.7. The molecule has 0 aliphatic carbocycles. The van der Waals surface area contributed by atoms with Crippen LogP contribution in [0.3, 0.4) is 0 Å². The third-order valence-electron chi connectivity index (χ3n) is 5.56. The van der Waals surface area contributed by atoms with Gasteiger partial charge in [-0.3, -0.25) is 0 Å². The van der Waals surface area contributed by atoms with Gasteiger partial charge in [-0.25, -0.2) is 14.2 Å². The largest absolute Gasteiger partial charge is 0.476 e. The van der Waals surface area contributed by atoms with Crippen molar-refractivity contribution in [2.45, 2.75) is 24.8 Å². The van der Waals surface area contributed by atoms with E-state index in [9.17, 15) is 29.1 Å². The molecule has 4 unspecified atom stereocenters. The molecule has 0 aliphatic heterocycles. The first-order chi connectivity index (χ1) is 15.1. The van der Waals surface area contributed by atoms with Crippen LogP contribution in [-0.4, -0.2) is 31.6 Å². The van der Waals surface area contributed by atoms with Crippen molar-refractivity contribution in [3.05, 3.63) is 83.8 Å². The predicted molar refractivity (Wildman–Crippen MR) is 121 cm³/mol. The van der Waals surface area contributed by atoms with Crippen molar-refractivity contribution in [3.63, 3.8) is 0 Å². The van der Waals surface area contributed by atoms with Crippen molar-refractivity contribution in [2.24, 2.45) is 11.8 Å². The second-order valence-electron chi connectivity index (χ2n) is 7.95. The van der Waals surface area contributed by atoms with Crippen LogP contribution < -0.4 is 0 Å². The van der Waals surface area contributed by atoms with E-state index in [-0.39, 0.29) is 5.69 Å². The zero-order chi connectivity index (χ0) is 23.5. The number of carboxylic acid groups (broad SMARTS) is 1. The molecular formula is C24H24FNO5P+. The molecule has 0 aliphatic rings. The number of halogens is 1. The number of pyridine rings is 1. The Hall–Kier alpha value is -2.99. The van der Waals surface area contributed by atoms with E-state index in [0.717, 1.165) is 5.39 Å². The first-order valence-electron chi connectivity index (χ1n) is 10.0. The fraction of sp³-hybridized carbons (Fsp3) is 0.250. The lowest BCUT2D eigenvalue weighted by Gasteiger charge is -2.39. The van der Waals surface area contributed by atoms with Crippen molar-refractivity contribution in [1.82, 2.24) is 4.98 Å². The fourth-order valence-corrected chi connectivity index (χ4v) is 4.33. The number of aromatic nitrogens is 1. The van der Waals surface area contributed by atoms with Crippen LogP contribution in [0, 0.1) is 17.7 Å². The molecule has 0 spiro atoms. The maximum absolute atomic E-state index is 13.2. The van der Waals surface area contributed by atoms with Crippen LogP contribution in [-0.2, 0) is 15.0 Å². The maximum Gasteiger partial charge on any atom is 0.392 e. The minimum atomic E-state index is -3.02. The van der Waals surface area contributed by atoms with E-state index in [2.05, 4.69) is 4.98 Å². The Morgan fingerprint density at radius 1 is 1.06 bits per heavy atom. The third kappa shape index (κ3) is 4.19. The summed E-state index contributed by atoms with van der Waals surface area (Å²) < 4.78 is 25.3. The van der Waals surface area contributed by atoms with Gasteiger partial charge in [0, 0.05) is 11.3 Å². The smallest absolute Gasteiger partial charge is 0.392 e. The van der Waals surface area contributed by atoms with Gasteiger partial charge in [0.25, 0.3) is 0 Å². The van der Waals surface area contributed by atoms with Gasteiger partial charge in [-0.1, -0.05) is 67.0 Å². The van der Waals surface area contributed by atoms with E-state index in [4.69, 9.17) is 0 Å². The fourth-order valence-electron chi connectivity index (χ4n) is 3.79. The van der Waals surface area contributed by atoms with Crippen LogP contribution in [0.2, 0.25) is 0 Å². The number of nitrogens with zero attached hydrogens (tertiary/aromatic N) is 1. The quantitative estimate of drug-likeness (QED) is 0.435.